The summed E-state index contributed by atoms with van der Waals surface area (Å²) in [6.07, 6.45) is 3.72. The molecule has 0 aliphatic rings. The summed E-state index contributed by atoms with van der Waals surface area (Å²) in [7, 11) is 4.10. The summed E-state index contributed by atoms with van der Waals surface area (Å²) < 4.78 is 0. The number of anilines is 2. The van der Waals surface area contributed by atoms with Crippen LogP contribution in [0.5, 0.6) is 0 Å². The van der Waals surface area contributed by atoms with Crippen molar-refractivity contribution in [3.8, 4) is 0 Å². The van der Waals surface area contributed by atoms with Crippen molar-refractivity contribution in [2.24, 2.45) is 0 Å². The molecule has 0 saturated carbocycles. The quantitative estimate of drug-likeness (QED) is 0.909. The number of nitrogens with zero attached hydrogens (tertiary/aromatic N) is 2. The standard InChI is InChI=1S/C18H25N3/c1-12-9-13(2)18(14(3)10-12)15(4)20-16-11-19-8-7-17(16)21(5)6/h7-11,15,20H,1-6H3. The molecule has 2 aromatic rings. The second-order valence-corrected chi connectivity index (χ2v) is 5.97. The van der Waals surface area contributed by atoms with Crippen molar-refractivity contribution in [3.63, 3.8) is 0 Å². The lowest BCUT2D eigenvalue weighted by Crippen LogP contribution is -2.15. The minimum atomic E-state index is 0.244. The van der Waals surface area contributed by atoms with Gasteiger partial charge in [-0.15, -0.1) is 0 Å². The van der Waals surface area contributed by atoms with Gasteiger partial charge in [0.2, 0.25) is 0 Å². The van der Waals surface area contributed by atoms with Gasteiger partial charge in [-0.05, 0) is 50.5 Å². The van der Waals surface area contributed by atoms with Gasteiger partial charge in [-0.3, -0.25) is 4.98 Å². The minimum absolute atomic E-state index is 0.244. The van der Waals surface area contributed by atoms with E-state index in [1.807, 2.05) is 32.6 Å². The van der Waals surface area contributed by atoms with E-state index in [0.717, 1.165) is 11.4 Å². The van der Waals surface area contributed by atoms with Crippen molar-refractivity contribution in [1.29, 1.82) is 0 Å². The van der Waals surface area contributed by atoms with Crippen LogP contribution in [0.15, 0.2) is 30.6 Å². The molecule has 0 aliphatic heterocycles. The van der Waals surface area contributed by atoms with Gasteiger partial charge in [0.1, 0.15) is 0 Å². The van der Waals surface area contributed by atoms with Gasteiger partial charge >= 0.3 is 0 Å². The number of aryl methyl sites for hydroxylation is 3. The van der Waals surface area contributed by atoms with Crippen LogP contribution in [0.2, 0.25) is 0 Å². The number of hydrogen-bond acceptors (Lipinski definition) is 3. The molecule has 3 heteroatoms. The number of aromatic nitrogens is 1. The Morgan fingerprint density at radius 1 is 1.10 bits per heavy atom. The van der Waals surface area contributed by atoms with Gasteiger partial charge in [0.25, 0.3) is 0 Å². The Hall–Kier alpha value is -2.03. The lowest BCUT2D eigenvalue weighted by atomic mass is 9.95. The first-order chi connectivity index (χ1) is 9.90. The molecular formula is C18H25N3. The summed E-state index contributed by atoms with van der Waals surface area (Å²) in [6.45, 7) is 8.72. The molecule has 1 N–H and O–H groups in total. The maximum atomic E-state index is 4.24. The first kappa shape index (κ1) is 15.4. The number of benzene rings is 1. The first-order valence-corrected chi connectivity index (χ1v) is 7.35. The molecule has 0 spiro atoms. The fourth-order valence-corrected chi connectivity index (χ4v) is 3.07. The Bertz CT molecular complexity index is 609. The van der Waals surface area contributed by atoms with Crippen molar-refractivity contribution in [2.75, 3.05) is 24.3 Å². The third kappa shape index (κ3) is 3.35. The predicted molar refractivity (Wildman–Crippen MR) is 91.3 cm³/mol. The van der Waals surface area contributed by atoms with E-state index in [-0.39, 0.29) is 6.04 Å². The Morgan fingerprint density at radius 2 is 1.71 bits per heavy atom. The third-order valence-electron chi connectivity index (χ3n) is 3.82. The van der Waals surface area contributed by atoms with E-state index in [9.17, 15) is 0 Å². The summed E-state index contributed by atoms with van der Waals surface area (Å²) in [6, 6.07) is 6.77. The molecule has 1 aromatic heterocycles. The van der Waals surface area contributed by atoms with E-state index < -0.39 is 0 Å². The smallest absolute Gasteiger partial charge is 0.0768 e. The normalized spacial score (nSPS) is 12.1. The Labute approximate surface area is 128 Å². The van der Waals surface area contributed by atoms with E-state index >= 15 is 0 Å². The molecule has 1 aromatic carbocycles. The zero-order valence-electron chi connectivity index (χ0n) is 13.9. The van der Waals surface area contributed by atoms with E-state index in [1.54, 1.807) is 0 Å². The largest absolute Gasteiger partial charge is 0.376 e. The molecule has 0 amide bonds. The maximum Gasteiger partial charge on any atom is 0.0768 e. The molecule has 21 heavy (non-hydrogen) atoms. The van der Waals surface area contributed by atoms with Crippen LogP contribution in [0.25, 0.3) is 0 Å². The van der Waals surface area contributed by atoms with Crippen LogP contribution in [0, 0.1) is 20.8 Å². The predicted octanol–water partition coefficient (Wildman–Crippen LogP) is 4.25. The maximum absolute atomic E-state index is 4.24. The van der Waals surface area contributed by atoms with Crippen molar-refractivity contribution in [2.45, 2.75) is 33.7 Å². The average Bonchev–Trinajstić information content (AvgIpc) is 2.37. The highest BCUT2D eigenvalue weighted by Crippen LogP contribution is 2.30. The zero-order chi connectivity index (χ0) is 15.6. The Kier molecular flexibility index (Phi) is 4.51. The van der Waals surface area contributed by atoms with Crippen molar-refractivity contribution in [1.82, 2.24) is 4.98 Å². The van der Waals surface area contributed by atoms with Crippen LogP contribution in [0.3, 0.4) is 0 Å². The molecule has 0 saturated heterocycles. The van der Waals surface area contributed by atoms with E-state index in [0.29, 0.717) is 0 Å². The third-order valence-corrected chi connectivity index (χ3v) is 3.82. The lowest BCUT2D eigenvalue weighted by Gasteiger charge is -2.24. The van der Waals surface area contributed by atoms with E-state index in [4.69, 9.17) is 0 Å². The Balaban J connectivity index is 2.33. The van der Waals surface area contributed by atoms with Gasteiger partial charge in [-0.2, -0.15) is 0 Å². The molecule has 1 unspecified atom stereocenters. The molecule has 0 radical (unpaired) electrons. The van der Waals surface area contributed by atoms with E-state index in [2.05, 4.69) is 55.0 Å². The molecule has 1 heterocycles. The highest BCUT2D eigenvalue weighted by molar-refractivity contribution is 5.68. The van der Waals surface area contributed by atoms with Gasteiger partial charge in [-0.25, -0.2) is 0 Å². The average molecular weight is 283 g/mol. The molecule has 112 valence electrons. The van der Waals surface area contributed by atoms with Crippen LogP contribution in [-0.2, 0) is 0 Å². The second kappa shape index (κ2) is 6.17. The molecule has 1 atom stereocenters. The minimum Gasteiger partial charge on any atom is -0.376 e. The fraction of sp³-hybridized carbons (Fsp3) is 0.389. The van der Waals surface area contributed by atoms with Crippen molar-refractivity contribution in [3.05, 3.63) is 52.8 Å². The summed E-state index contributed by atoms with van der Waals surface area (Å²) in [5.74, 6) is 0. The summed E-state index contributed by atoms with van der Waals surface area (Å²) >= 11 is 0. The van der Waals surface area contributed by atoms with Crippen molar-refractivity contribution >= 4 is 11.4 Å². The van der Waals surface area contributed by atoms with E-state index in [1.165, 1.54) is 22.3 Å². The molecule has 0 bridgehead atoms. The van der Waals surface area contributed by atoms with Crippen LogP contribution < -0.4 is 10.2 Å². The SMILES string of the molecule is Cc1cc(C)c(C(C)Nc2cnccc2N(C)C)c(C)c1. The monoisotopic (exact) mass is 283 g/mol. The highest BCUT2D eigenvalue weighted by atomic mass is 15.1. The summed E-state index contributed by atoms with van der Waals surface area (Å²) in [4.78, 5) is 6.35. The molecule has 0 fully saturated rings. The van der Waals surface area contributed by atoms with Crippen LogP contribution in [-0.4, -0.2) is 19.1 Å². The van der Waals surface area contributed by atoms with Gasteiger partial charge < -0.3 is 10.2 Å². The summed E-state index contributed by atoms with van der Waals surface area (Å²) in [5, 5.41) is 3.61. The fourth-order valence-electron chi connectivity index (χ4n) is 3.07. The zero-order valence-corrected chi connectivity index (χ0v) is 13.9. The second-order valence-electron chi connectivity index (χ2n) is 5.97. The first-order valence-electron chi connectivity index (χ1n) is 7.35. The van der Waals surface area contributed by atoms with Gasteiger partial charge in [-0.1, -0.05) is 17.7 Å². The van der Waals surface area contributed by atoms with Crippen LogP contribution in [0.4, 0.5) is 11.4 Å². The number of nitrogens with one attached hydrogen (secondary N) is 1. The molecular weight excluding hydrogens is 258 g/mol. The molecule has 0 aliphatic carbocycles. The number of pyridine rings is 1. The molecule has 2 rings (SSSR count). The summed E-state index contributed by atoms with van der Waals surface area (Å²) in [5.41, 5.74) is 7.57. The van der Waals surface area contributed by atoms with Gasteiger partial charge in [0.05, 0.1) is 17.6 Å². The van der Waals surface area contributed by atoms with Gasteiger partial charge in [0.15, 0.2) is 0 Å². The number of hydrogen-bond donors (Lipinski definition) is 1. The lowest BCUT2D eigenvalue weighted by molar-refractivity contribution is 0.859. The Morgan fingerprint density at radius 3 is 2.29 bits per heavy atom. The van der Waals surface area contributed by atoms with Crippen LogP contribution in [0.1, 0.15) is 35.2 Å². The highest BCUT2D eigenvalue weighted by Gasteiger charge is 2.14. The topological polar surface area (TPSA) is 28.2 Å². The van der Waals surface area contributed by atoms with Crippen LogP contribution >= 0.6 is 0 Å². The van der Waals surface area contributed by atoms with Crippen molar-refractivity contribution < 1.29 is 0 Å². The van der Waals surface area contributed by atoms with Gasteiger partial charge in [0, 0.05) is 26.3 Å². The molecule has 3 nitrogen and oxygen atoms in total. The number of rotatable bonds is 4.